The van der Waals surface area contributed by atoms with Gasteiger partial charge in [-0.15, -0.1) is 0 Å². The standard InChI is InChI=1S/C15H21N3O2/c16-17-15(20)14(10-4-2-1-3-5-10)18-11-6-7-12(18)9-13(19)8-11/h1-5,11-14,19H,6-9,16H2,(H,17,20). The van der Waals surface area contributed by atoms with Gasteiger partial charge in [-0.05, 0) is 31.2 Å². The summed E-state index contributed by atoms with van der Waals surface area (Å²) >= 11 is 0. The number of fused-ring (bicyclic) bond motifs is 2. The minimum absolute atomic E-state index is 0.176. The second kappa shape index (κ2) is 5.52. The molecule has 0 aromatic heterocycles. The molecule has 3 rings (SSSR count). The molecule has 0 radical (unpaired) electrons. The van der Waals surface area contributed by atoms with Crippen LogP contribution >= 0.6 is 0 Å². The minimum Gasteiger partial charge on any atom is -0.393 e. The topological polar surface area (TPSA) is 78.6 Å². The summed E-state index contributed by atoms with van der Waals surface area (Å²) in [5, 5.41) is 9.90. The number of piperidine rings is 1. The van der Waals surface area contributed by atoms with Gasteiger partial charge in [-0.3, -0.25) is 15.1 Å². The molecule has 4 N–H and O–H groups in total. The lowest BCUT2D eigenvalue weighted by Crippen LogP contribution is -2.52. The average molecular weight is 275 g/mol. The lowest BCUT2D eigenvalue weighted by Gasteiger charge is -2.41. The van der Waals surface area contributed by atoms with E-state index >= 15 is 0 Å². The molecule has 0 saturated carbocycles. The summed E-state index contributed by atoms with van der Waals surface area (Å²) in [6.07, 6.45) is 3.35. The maximum absolute atomic E-state index is 12.3. The summed E-state index contributed by atoms with van der Waals surface area (Å²) in [6.45, 7) is 0. The SMILES string of the molecule is NNC(=O)C(c1ccccc1)N1C2CCC1CC(O)C2. The largest absolute Gasteiger partial charge is 0.393 e. The number of nitrogens with one attached hydrogen (secondary N) is 1. The quantitative estimate of drug-likeness (QED) is 0.431. The molecule has 1 amide bonds. The van der Waals surface area contributed by atoms with E-state index in [1.54, 1.807) is 0 Å². The van der Waals surface area contributed by atoms with Crippen LogP contribution in [0.3, 0.4) is 0 Å². The summed E-state index contributed by atoms with van der Waals surface area (Å²) in [7, 11) is 0. The Bertz CT molecular complexity index is 465. The Hall–Kier alpha value is -1.43. The van der Waals surface area contributed by atoms with Gasteiger partial charge in [0.05, 0.1) is 6.10 Å². The third-order valence-corrected chi connectivity index (χ3v) is 4.57. The molecule has 1 aromatic rings. The first kappa shape index (κ1) is 13.5. The van der Waals surface area contributed by atoms with E-state index in [-0.39, 0.29) is 30.1 Å². The van der Waals surface area contributed by atoms with Crippen LogP contribution in [0.25, 0.3) is 0 Å². The maximum Gasteiger partial charge on any atom is 0.255 e. The minimum atomic E-state index is -0.355. The molecule has 20 heavy (non-hydrogen) atoms. The zero-order valence-corrected chi connectivity index (χ0v) is 11.4. The highest BCUT2D eigenvalue weighted by Crippen LogP contribution is 2.41. The fourth-order valence-corrected chi connectivity index (χ4v) is 3.78. The number of rotatable bonds is 3. The van der Waals surface area contributed by atoms with Gasteiger partial charge in [0.15, 0.2) is 0 Å². The van der Waals surface area contributed by atoms with Gasteiger partial charge in [0, 0.05) is 12.1 Å². The van der Waals surface area contributed by atoms with Gasteiger partial charge in [-0.1, -0.05) is 30.3 Å². The molecule has 2 heterocycles. The summed E-state index contributed by atoms with van der Waals surface area (Å²) in [6, 6.07) is 9.92. The van der Waals surface area contributed by atoms with Crippen molar-refractivity contribution in [3.05, 3.63) is 35.9 Å². The van der Waals surface area contributed by atoms with E-state index in [0.29, 0.717) is 0 Å². The molecule has 2 fully saturated rings. The van der Waals surface area contributed by atoms with E-state index < -0.39 is 0 Å². The highest BCUT2D eigenvalue weighted by atomic mass is 16.3. The van der Waals surface area contributed by atoms with E-state index in [9.17, 15) is 9.90 Å². The van der Waals surface area contributed by atoms with E-state index in [2.05, 4.69) is 10.3 Å². The number of hydrogen-bond donors (Lipinski definition) is 3. The summed E-state index contributed by atoms with van der Waals surface area (Å²) in [5.41, 5.74) is 3.26. The van der Waals surface area contributed by atoms with E-state index in [4.69, 9.17) is 5.84 Å². The van der Waals surface area contributed by atoms with Crippen molar-refractivity contribution in [2.75, 3.05) is 0 Å². The molecule has 2 aliphatic heterocycles. The molecule has 1 aromatic carbocycles. The summed E-state index contributed by atoms with van der Waals surface area (Å²) < 4.78 is 0. The number of amides is 1. The first-order chi connectivity index (χ1) is 9.70. The van der Waals surface area contributed by atoms with Crippen molar-refractivity contribution in [2.45, 2.75) is 49.9 Å². The summed E-state index contributed by atoms with van der Waals surface area (Å²) in [4.78, 5) is 14.5. The van der Waals surface area contributed by atoms with Crippen LogP contribution in [-0.4, -0.2) is 34.1 Å². The number of carbonyl (C=O) groups is 1. The van der Waals surface area contributed by atoms with Crippen LogP contribution in [0, 0.1) is 0 Å². The number of benzene rings is 1. The van der Waals surface area contributed by atoms with Crippen molar-refractivity contribution >= 4 is 5.91 Å². The first-order valence-electron chi connectivity index (χ1n) is 7.21. The van der Waals surface area contributed by atoms with Crippen LogP contribution in [0.4, 0.5) is 0 Å². The van der Waals surface area contributed by atoms with Gasteiger partial charge in [-0.25, -0.2) is 5.84 Å². The van der Waals surface area contributed by atoms with Crippen LogP contribution in [0.2, 0.25) is 0 Å². The smallest absolute Gasteiger partial charge is 0.255 e. The molecular weight excluding hydrogens is 254 g/mol. The molecule has 2 saturated heterocycles. The van der Waals surface area contributed by atoms with Crippen LogP contribution in [0.5, 0.6) is 0 Å². The third kappa shape index (κ3) is 2.32. The number of hydrazine groups is 1. The third-order valence-electron chi connectivity index (χ3n) is 4.57. The highest BCUT2D eigenvalue weighted by Gasteiger charge is 2.45. The van der Waals surface area contributed by atoms with E-state index in [1.165, 1.54) is 0 Å². The first-order valence-corrected chi connectivity index (χ1v) is 7.21. The van der Waals surface area contributed by atoms with Crippen LogP contribution in [0.15, 0.2) is 30.3 Å². The molecule has 0 aliphatic carbocycles. The van der Waals surface area contributed by atoms with E-state index in [0.717, 1.165) is 31.2 Å². The normalized spacial score (nSPS) is 31.0. The number of nitrogens with zero attached hydrogens (tertiary/aromatic N) is 1. The molecule has 5 nitrogen and oxygen atoms in total. The zero-order valence-electron chi connectivity index (χ0n) is 11.4. The molecule has 2 aliphatic rings. The van der Waals surface area contributed by atoms with Gasteiger partial charge >= 0.3 is 0 Å². The number of carbonyl (C=O) groups excluding carboxylic acids is 1. The number of hydrogen-bond acceptors (Lipinski definition) is 4. The zero-order chi connectivity index (χ0) is 14.1. The van der Waals surface area contributed by atoms with Crippen LogP contribution in [-0.2, 0) is 4.79 Å². The van der Waals surface area contributed by atoms with Crippen molar-refractivity contribution in [1.82, 2.24) is 10.3 Å². The second-order valence-electron chi connectivity index (χ2n) is 5.78. The monoisotopic (exact) mass is 275 g/mol. The predicted octanol–water partition coefficient (Wildman–Crippen LogP) is 0.705. The van der Waals surface area contributed by atoms with Crippen molar-refractivity contribution < 1.29 is 9.90 Å². The Labute approximate surface area is 118 Å². The number of nitrogens with two attached hydrogens (primary N) is 1. The fraction of sp³-hybridized carbons (Fsp3) is 0.533. The number of aliphatic hydroxyl groups excluding tert-OH is 1. The molecule has 108 valence electrons. The Morgan fingerprint density at radius 2 is 1.85 bits per heavy atom. The maximum atomic E-state index is 12.3. The van der Waals surface area contributed by atoms with Gasteiger partial charge in [-0.2, -0.15) is 0 Å². The molecular formula is C15H21N3O2. The van der Waals surface area contributed by atoms with Gasteiger partial charge in [0.2, 0.25) is 0 Å². The van der Waals surface area contributed by atoms with Crippen LogP contribution in [0.1, 0.15) is 37.3 Å². The van der Waals surface area contributed by atoms with E-state index in [1.807, 2.05) is 30.3 Å². The Balaban J connectivity index is 1.93. The molecule has 3 unspecified atom stereocenters. The Morgan fingerprint density at radius 3 is 2.40 bits per heavy atom. The van der Waals surface area contributed by atoms with Gasteiger partial charge < -0.3 is 5.11 Å². The molecule has 0 spiro atoms. The average Bonchev–Trinajstić information content (AvgIpc) is 2.72. The predicted molar refractivity (Wildman–Crippen MR) is 75.4 cm³/mol. The second-order valence-corrected chi connectivity index (χ2v) is 5.78. The fourth-order valence-electron chi connectivity index (χ4n) is 3.78. The lowest BCUT2D eigenvalue weighted by molar-refractivity contribution is -0.130. The van der Waals surface area contributed by atoms with Crippen molar-refractivity contribution in [1.29, 1.82) is 0 Å². The Morgan fingerprint density at radius 1 is 1.25 bits per heavy atom. The van der Waals surface area contributed by atoms with Crippen molar-refractivity contribution in [3.8, 4) is 0 Å². The molecule has 3 atom stereocenters. The number of aliphatic hydroxyl groups is 1. The van der Waals surface area contributed by atoms with Gasteiger partial charge in [0.25, 0.3) is 5.91 Å². The van der Waals surface area contributed by atoms with Crippen molar-refractivity contribution in [2.24, 2.45) is 5.84 Å². The molecule has 2 bridgehead atoms. The van der Waals surface area contributed by atoms with Gasteiger partial charge in [0.1, 0.15) is 6.04 Å². The lowest BCUT2D eigenvalue weighted by atomic mass is 9.94. The Kier molecular flexibility index (Phi) is 3.74. The van der Waals surface area contributed by atoms with Crippen LogP contribution < -0.4 is 11.3 Å². The highest BCUT2D eigenvalue weighted by molar-refractivity contribution is 5.82. The van der Waals surface area contributed by atoms with Crippen molar-refractivity contribution in [3.63, 3.8) is 0 Å². The molecule has 5 heteroatoms. The summed E-state index contributed by atoms with van der Waals surface area (Å²) in [5.74, 6) is 5.20.